The normalized spacial score (nSPS) is 12.1. The van der Waals surface area contributed by atoms with Gasteiger partial charge >= 0.3 is 5.95 Å². The van der Waals surface area contributed by atoms with Crippen molar-refractivity contribution in [1.82, 2.24) is 4.57 Å². The van der Waals surface area contributed by atoms with E-state index in [4.69, 9.17) is 5.73 Å². The average Bonchev–Trinajstić information content (AvgIpc) is 3.05. The van der Waals surface area contributed by atoms with Crippen LogP contribution in [0.5, 0.6) is 0 Å². The van der Waals surface area contributed by atoms with Gasteiger partial charge in [0, 0.05) is 9.79 Å². The number of rotatable bonds is 6. The van der Waals surface area contributed by atoms with Gasteiger partial charge < -0.3 is 12.4 Å². The Hall–Kier alpha value is -2.22. The molecule has 198 valence electrons. The van der Waals surface area contributed by atoms with Crippen molar-refractivity contribution >= 4 is 40.5 Å². The van der Waals surface area contributed by atoms with Gasteiger partial charge in [0.15, 0.2) is 0 Å². The minimum absolute atomic E-state index is 0. The molecule has 4 aromatic rings. The molecule has 8 heteroatoms. The van der Waals surface area contributed by atoms with Gasteiger partial charge in [-0.25, -0.2) is 17.9 Å². The van der Waals surface area contributed by atoms with E-state index in [1.54, 1.807) is 35.7 Å². The summed E-state index contributed by atoms with van der Waals surface area (Å²) in [6.45, 7) is 12.1. The third-order valence-electron chi connectivity index (χ3n) is 6.23. The van der Waals surface area contributed by atoms with Gasteiger partial charge in [0.2, 0.25) is 0 Å². The Morgan fingerprint density at radius 2 is 1.30 bits per heavy atom. The minimum Gasteiger partial charge on any atom is -1.00 e. The number of nitrogens with two attached hydrogens (primary N) is 1. The molecule has 1 aromatic heterocycles. The highest BCUT2D eigenvalue weighted by atomic mass is 35.5. The van der Waals surface area contributed by atoms with E-state index in [2.05, 4.69) is 0 Å². The van der Waals surface area contributed by atoms with Gasteiger partial charge in [-0.1, -0.05) is 89.3 Å². The summed E-state index contributed by atoms with van der Waals surface area (Å²) >= 11 is 3.09. The van der Waals surface area contributed by atoms with Crippen molar-refractivity contribution in [1.29, 1.82) is 0 Å². The van der Waals surface area contributed by atoms with Crippen LogP contribution in [-0.2, 0) is 22.6 Å². The predicted molar refractivity (Wildman–Crippen MR) is 148 cm³/mol. The molecule has 0 fully saturated rings. The number of thioether (sulfide) groups is 2. The van der Waals surface area contributed by atoms with Gasteiger partial charge in [-0.15, -0.1) is 0 Å². The van der Waals surface area contributed by atoms with Gasteiger partial charge in [0.25, 0.3) is 0 Å². The Morgan fingerprint density at radius 3 is 1.81 bits per heavy atom. The second kappa shape index (κ2) is 11.3. The molecule has 0 saturated carbocycles. The monoisotopic (exact) mass is 561 g/mol. The molecular formula is C29H34ClF2N3S2. The molecule has 37 heavy (non-hydrogen) atoms. The van der Waals surface area contributed by atoms with Crippen LogP contribution in [-0.4, -0.2) is 4.57 Å². The Bertz CT molecular complexity index is 1300. The van der Waals surface area contributed by atoms with Gasteiger partial charge in [0.1, 0.15) is 34.4 Å². The van der Waals surface area contributed by atoms with Gasteiger partial charge in [0.05, 0.1) is 0 Å². The Morgan fingerprint density at radius 1 is 0.784 bits per heavy atom. The molecular weight excluding hydrogens is 528 g/mol. The quantitative estimate of drug-likeness (QED) is 0.269. The first-order valence-corrected chi connectivity index (χ1v) is 14.0. The van der Waals surface area contributed by atoms with Crippen LogP contribution in [0.1, 0.15) is 52.7 Å². The van der Waals surface area contributed by atoms with E-state index in [0.29, 0.717) is 28.8 Å². The van der Waals surface area contributed by atoms with Crippen molar-refractivity contribution in [2.24, 2.45) is 0 Å². The van der Waals surface area contributed by atoms with Crippen molar-refractivity contribution in [3.05, 3.63) is 83.4 Å². The number of nitrogen functional groups attached to an aromatic ring is 1. The zero-order valence-corrected chi connectivity index (χ0v) is 24.5. The Balaban J connectivity index is 0.00000380. The Kier molecular flexibility index (Phi) is 8.93. The second-order valence-corrected chi connectivity index (χ2v) is 13.1. The van der Waals surface area contributed by atoms with E-state index in [1.165, 1.54) is 0 Å². The number of halogens is 3. The van der Waals surface area contributed by atoms with Gasteiger partial charge in [-0.2, -0.15) is 0 Å². The number of nitrogens with zero attached hydrogens (tertiary/aromatic N) is 2. The van der Waals surface area contributed by atoms with E-state index >= 15 is 0 Å². The molecule has 0 aliphatic rings. The maximum atomic E-state index is 14.7. The number of anilines is 1. The molecule has 0 amide bonds. The lowest BCUT2D eigenvalue weighted by molar-refractivity contribution is -0.635. The zero-order valence-electron chi connectivity index (χ0n) is 22.1. The van der Waals surface area contributed by atoms with Crippen LogP contribution in [0.2, 0.25) is 0 Å². The molecule has 2 N–H and O–H groups in total. The average molecular weight is 562 g/mol. The van der Waals surface area contributed by atoms with Crippen LogP contribution < -0.4 is 22.7 Å². The number of benzene rings is 3. The van der Waals surface area contributed by atoms with Crippen LogP contribution in [0.3, 0.4) is 0 Å². The summed E-state index contributed by atoms with van der Waals surface area (Å²) in [6, 6.07) is 18.9. The number of imidazole rings is 1. The molecule has 3 aromatic carbocycles. The summed E-state index contributed by atoms with van der Waals surface area (Å²) in [4.78, 5) is 1.71. The number of aromatic nitrogens is 2. The topological polar surface area (TPSA) is 34.8 Å². The minimum atomic E-state index is -0.243. The first kappa shape index (κ1) is 29.3. The molecule has 0 radical (unpaired) electrons. The summed E-state index contributed by atoms with van der Waals surface area (Å²) < 4.78 is 33.5. The van der Waals surface area contributed by atoms with E-state index < -0.39 is 0 Å². The van der Waals surface area contributed by atoms with E-state index in [1.807, 2.05) is 99.2 Å². The lowest BCUT2D eigenvalue weighted by atomic mass is 9.87. The fraction of sp³-hybridized carbons (Fsp3) is 0.345. The lowest BCUT2D eigenvalue weighted by Crippen LogP contribution is -3.00. The highest BCUT2D eigenvalue weighted by molar-refractivity contribution is 7.98. The molecule has 3 nitrogen and oxygen atoms in total. The van der Waals surface area contributed by atoms with Crippen molar-refractivity contribution in [3.8, 4) is 0 Å². The second-order valence-electron chi connectivity index (χ2n) is 11.0. The molecule has 0 bridgehead atoms. The van der Waals surface area contributed by atoms with Crippen molar-refractivity contribution < 1.29 is 25.8 Å². The fourth-order valence-electron chi connectivity index (χ4n) is 4.25. The molecule has 0 saturated heterocycles. The summed E-state index contributed by atoms with van der Waals surface area (Å²) in [7, 11) is 0. The molecule has 1 heterocycles. The fourth-order valence-corrected chi connectivity index (χ4v) is 6.05. The molecule has 0 spiro atoms. The van der Waals surface area contributed by atoms with E-state index in [0.717, 1.165) is 20.8 Å². The van der Waals surface area contributed by atoms with Gasteiger partial charge in [-0.3, -0.25) is 5.73 Å². The summed E-state index contributed by atoms with van der Waals surface area (Å²) in [6.07, 6.45) is 0. The predicted octanol–water partition coefficient (Wildman–Crippen LogP) is 4.89. The number of hydrogen-bond acceptors (Lipinski definition) is 3. The zero-order chi connectivity index (χ0) is 26.3. The third kappa shape index (κ3) is 6.44. The summed E-state index contributed by atoms with van der Waals surface area (Å²) in [5.74, 6) is 1.33. The van der Waals surface area contributed by atoms with E-state index in [9.17, 15) is 8.78 Å². The molecule has 0 unspecified atom stereocenters. The highest BCUT2D eigenvalue weighted by Crippen LogP contribution is 2.32. The molecule has 0 atom stereocenters. The first-order chi connectivity index (χ1) is 16.9. The van der Waals surface area contributed by atoms with Crippen molar-refractivity contribution in [2.45, 2.75) is 73.9 Å². The number of para-hydroxylation sites is 2. The lowest BCUT2D eigenvalue weighted by Gasteiger charge is -2.20. The first-order valence-electron chi connectivity index (χ1n) is 12.0. The van der Waals surface area contributed by atoms with Crippen LogP contribution in [0.25, 0.3) is 11.0 Å². The maximum Gasteiger partial charge on any atom is 0.357 e. The van der Waals surface area contributed by atoms with Crippen LogP contribution in [0.15, 0.2) is 70.5 Å². The summed E-state index contributed by atoms with van der Waals surface area (Å²) in [5, 5.41) is 0. The number of fused-ring (bicyclic) bond motifs is 1. The largest absolute Gasteiger partial charge is 1.00 e. The highest BCUT2D eigenvalue weighted by Gasteiger charge is 2.23. The standard InChI is InChI=1S/C29H33F2N3S2.ClH/c1-28(2,3)21-13-11-19(15-23(21)30)35-17-33-25-9-7-8-10-26(25)34(27(33)32)18-36-20-12-14-22(24(31)16-20)29(4,5)6;/h7-16,32H,17-18H2,1-6H3;1H. The van der Waals surface area contributed by atoms with Crippen molar-refractivity contribution in [3.63, 3.8) is 0 Å². The smallest absolute Gasteiger partial charge is 0.357 e. The molecule has 4 rings (SSSR count). The van der Waals surface area contributed by atoms with Crippen LogP contribution in [0.4, 0.5) is 14.7 Å². The third-order valence-corrected chi connectivity index (χ3v) is 8.18. The van der Waals surface area contributed by atoms with Crippen LogP contribution in [0, 0.1) is 11.6 Å². The van der Waals surface area contributed by atoms with Crippen LogP contribution >= 0.6 is 23.5 Å². The maximum absolute atomic E-state index is 14.7. The van der Waals surface area contributed by atoms with Gasteiger partial charge in [-0.05, 0) is 58.4 Å². The molecule has 0 aliphatic carbocycles. The summed E-state index contributed by atoms with van der Waals surface area (Å²) in [5.41, 5.74) is 9.56. The molecule has 0 aliphatic heterocycles. The number of hydrogen-bond donors (Lipinski definition) is 1. The van der Waals surface area contributed by atoms with Crippen molar-refractivity contribution in [2.75, 3.05) is 5.73 Å². The SMILES string of the molecule is CC(C)(C)c1ccc(SCn2c(N)[n+](CSc3ccc(C(C)(C)C)c(F)c3)c3ccccc32)cc1F.[Cl-]. The van der Waals surface area contributed by atoms with E-state index in [-0.39, 0.29) is 34.9 Å². The Labute approximate surface area is 233 Å².